The van der Waals surface area contributed by atoms with E-state index in [4.69, 9.17) is 19.9 Å². The highest BCUT2D eigenvalue weighted by atomic mass is 32.2. The first-order chi connectivity index (χ1) is 34.1. The van der Waals surface area contributed by atoms with Gasteiger partial charge in [-0.25, -0.2) is 21.6 Å². The third-order valence-corrected chi connectivity index (χ3v) is 15.6. The lowest BCUT2D eigenvalue weighted by molar-refractivity contribution is -0.137. The van der Waals surface area contributed by atoms with Crippen molar-refractivity contribution in [2.75, 3.05) is 73.6 Å². The maximum Gasteiger partial charge on any atom is 0.408 e. The average Bonchev–Trinajstić information content (AvgIpc) is 3.85. The van der Waals surface area contributed by atoms with Gasteiger partial charge in [-0.3, -0.25) is 18.2 Å². The third kappa shape index (κ3) is 14.2. The van der Waals surface area contributed by atoms with E-state index in [1.165, 1.54) is 27.5 Å². The summed E-state index contributed by atoms with van der Waals surface area (Å²) >= 11 is 0. The van der Waals surface area contributed by atoms with Gasteiger partial charge in [0.1, 0.15) is 17.7 Å². The van der Waals surface area contributed by atoms with Crippen LogP contribution in [0.25, 0.3) is 0 Å². The van der Waals surface area contributed by atoms with Gasteiger partial charge in [0, 0.05) is 50.1 Å². The van der Waals surface area contributed by atoms with Crippen LogP contribution in [0.4, 0.5) is 16.2 Å². The van der Waals surface area contributed by atoms with Crippen molar-refractivity contribution in [2.45, 2.75) is 108 Å². The van der Waals surface area contributed by atoms with Gasteiger partial charge in [0.15, 0.2) is 0 Å². The molecule has 3 N–H and O–H groups in total. The summed E-state index contributed by atoms with van der Waals surface area (Å²) < 4.78 is 69.4. The van der Waals surface area contributed by atoms with Crippen LogP contribution in [-0.4, -0.2) is 127 Å². The lowest BCUT2D eigenvalue weighted by Crippen LogP contribution is -2.55. The zero-order valence-electron chi connectivity index (χ0n) is 42.9. The molecule has 4 aliphatic heterocycles. The van der Waals surface area contributed by atoms with Gasteiger partial charge < -0.3 is 35.1 Å². The van der Waals surface area contributed by atoms with Gasteiger partial charge in [-0.2, -0.15) is 0 Å². The Kier molecular flexibility index (Phi) is 18.6. The number of benzene rings is 4. The SMILES string of the molecule is CC(C)(C)OC(=O)NC(COCc1ccccc1)C(=O)N1CCC2(CC1)CN(S(C)(=O)=O)c1ccccc12.CCC.CS(=O)(=O)N1CC2(CCN(C(=O)[C@H](N)COCc3ccccc3)CC2)c2ccccc21. The van der Waals surface area contributed by atoms with Gasteiger partial charge in [0.25, 0.3) is 0 Å². The topological polar surface area (TPSA) is 198 Å². The van der Waals surface area contributed by atoms with E-state index in [0.29, 0.717) is 83.9 Å². The molecule has 2 fully saturated rings. The smallest absolute Gasteiger partial charge is 0.408 e. The van der Waals surface area contributed by atoms with Crippen molar-refractivity contribution in [3.8, 4) is 0 Å². The Labute approximate surface area is 427 Å². The molecule has 72 heavy (non-hydrogen) atoms. The number of piperidine rings is 2. The standard InChI is InChI=1S/C28H37N3O6S.C23H29N3O4S.C3H8/c1-27(2,3)37-26(33)29-23(19-36-18-21-10-6-5-7-11-21)25(32)30-16-14-28(15-17-30)20-31(38(4,34)35)24-13-9-8-12-22(24)28;1-31(28,29)26-17-23(19-9-5-6-10-21(19)26)11-13-25(14-12-23)22(27)20(24)16-30-15-18-7-3-2-4-8-18;1-3-2/h5-13,23H,14-20H2,1-4H3,(H,29,33);2-10,20H,11-17,24H2,1H3;3H2,1-2H3/t;20-;/m.1./s1. The molecule has 0 saturated carbocycles. The molecule has 2 atom stereocenters. The predicted octanol–water partition coefficient (Wildman–Crippen LogP) is 6.72. The van der Waals surface area contributed by atoms with E-state index < -0.39 is 43.8 Å². The van der Waals surface area contributed by atoms with Gasteiger partial charge in [-0.15, -0.1) is 0 Å². The van der Waals surface area contributed by atoms with E-state index in [1.807, 2.05) is 109 Å². The summed E-state index contributed by atoms with van der Waals surface area (Å²) in [4.78, 5) is 42.5. The van der Waals surface area contributed by atoms with E-state index in [2.05, 4.69) is 19.2 Å². The summed E-state index contributed by atoms with van der Waals surface area (Å²) in [6.45, 7) is 13.2. The van der Waals surface area contributed by atoms with Crippen molar-refractivity contribution in [1.82, 2.24) is 15.1 Å². The van der Waals surface area contributed by atoms with Crippen molar-refractivity contribution in [3.63, 3.8) is 0 Å². The molecule has 4 aromatic rings. The largest absolute Gasteiger partial charge is 0.444 e. The number of nitrogens with two attached hydrogens (primary N) is 1. The summed E-state index contributed by atoms with van der Waals surface area (Å²) in [5, 5.41) is 2.70. The molecule has 16 nitrogen and oxygen atoms in total. The lowest BCUT2D eigenvalue weighted by Gasteiger charge is -2.40. The molecule has 0 aromatic heterocycles. The van der Waals surface area contributed by atoms with Gasteiger partial charge in [-0.1, -0.05) is 117 Å². The molecule has 0 radical (unpaired) electrons. The molecule has 0 bridgehead atoms. The first-order valence-electron chi connectivity index (χ1n) is 24.8. The molecule has 392 valence electrons. The van der Waals surface area contributed by atoms with Crippen LogP contribution in [0.5, 0.6) is 0 Å². The van der Waals surface area contributed by atoms with Crippen LogP contribution < -0.4 is 19.7 Å². The number of amides is 3. The molecule has 4 aliphatic rings. The van der Waals surface area contributed by atoms with Crippen LogP contribution in [0.1, 0.15) is 89.0 Å². The molecule has 4 aromatic carbocycles. The molecular formula is C54H74N6O10S2. The minimum Gasteiger partial charge on any atom is -0.444 e. The molecule has 18 heteroatoms. The Hall–Kier alpha value is -5.53. The highest BCUT2D eigenvalue weighted by Crippen LogP contribution is 2.49. The fraction of sp³-hybridized carbons (Fsp3) is 0.500. The third-order valence-electron chi connectivity index (χ3n) is 13.4. The van der Waals surface area contributed by atoms with E-state index in [0.717, 1.165) is 27.9 Å². The van der Waals surface area contributed by atoms with Gasteiger partial charge in [0.2, 0.25) is 31.9 Å². The number of sulfonamides is 2. The van der Waals surface area contributed by atoms with E-state index in [9.17, 15) is 31.2 Å². The monoisotopic (exact) mass is 1030 g/mol. The number of rotatable bonds is 13. The lowest BCUT2D eigenvalue weighted by atomic mass is 9.74. The predicted molar refractivity (Wildman–Crippen MR) is 282 cm³/mol. The van der Waals surface area contributed by atoms with Crippen LogP contribution in [0.15, 0.2) is 109 Å². The van der Waals surface area contributed by atoms with Crippen LogP contribution in [0, 0.1) is 0 Å². The van der Waals surface area contributed by atoms with Gasteiger partial charge in [0.05, 0.1) is 50.3 Å². The highest BCUT2D eigenvalue weighted by Gasteiger charge is 2.49. The summed E-state index contributed by atoms with van der Waals surface area (Å²) in [6, 6.07) is 33.0. The average molecular weight is 1030 g/mol. The first kappa shape index (κ1) is 55.8. The molecule has 2 spiro atoms. The fourth-order valence-corrected chi connectivity index (χ4v) is 11.8. The molecule has 4 heterocycles. The molecule has 1 unspecified atom stereocenters. The number of likely N-dealkylation sites (tertiary alicyclic amines) is 2. The number of carbonyl (C=O) groups is 3. The summed E-state index contributed by atoms with van der Waals surface area (Å²) in [7, 11) is -6.77. The van der Waals surface area contributed by atoms with Gasteiger partial charge in [-0.05, 0) is 80.8 Å². The van der Waals surface area contributed by atoms with Crippen molar-refractivity contribution < 1.29 is 45.4 Å². The summed E-state index contributed by atoms with van der Waals surface area (Å²) in [5.41, 5.74) is 10.3. The quantitative estimate of drug-likeness (QED) is 0.144. The van der Waals surface area contributed by atoms with E-state index in [1.54, 1.807) is 30.6 Å². The molecule has 2 saturated heterocycles. The number of anilines is 2. The van der Waals surface area contributed by atoms with E-state index >= 15 is 0 Å². The second-order valence-electron chi connectivity index (χ2n) is 20.3. The Morgan fingerprint density at radius 2 is 0.986 bits per heavy atom. The van der Waals surface area contributed by atoms with Gasteiger partial charge >= 0.3 is 6.09 Å². The minimum absolute atomic E-state index is 0.000692. The Balaban J connectivity index is 0.000000227. The van der Waals surface area contributed by atoms with Crippen LogP contribution >= 0.6 is 0 Å². The van der Waals surface area contributed by atoms with Crippen LogP contribution in [0.2, 0.25) is 0 Å². The molecule has 8 rings (SSSR count). The number of hydrogen-bond acceptors (Lipinski definition) is 11. The molecule has 3 amide bonds. The molecular weight excluding hydrogens is 957 g/mol. The summed E-state index contributed by atoms with van der Waals surface area (Å²) in [6.07, 6.45) is 5.69. The number of para-hydroxylation sites is 2. The van der Waals surface area contributed by atoms with E-state index in [-0.39, 0.29) is 35.9 Å². The van der Waals surface area contributed by atoms with Crippen molar-refractivity contribution in [2.24, 2.45) is 5.73 Å². The second kappa shape index (κ2) is 24.0. The van der Waals surface area contributed by atoms with Crippen molar-refractivity contribution in [1.29, 1.82) is 0 Å². The Morgan fingerprint density at radius 1 is 0.611 bits per heavy atom. The number of nitrogens with one attached hydrogen (secondary N) is 1. The Bertz CT molecular complexity index is 2670. The minimum atomic E-state index is -3.42. The number of fused-ring (bicyclic) bond motifs is 4. The molecule has 0 aliphatic carbocycles. The zero-order valence-corrected chi connectivity index (χ0v) is 44.6. The zero-order chi connectivity index (χ0) is 52.3. The normalized spacial score (nSPS) is 17.7. The van der Waals surface area contributed by atoms with Crippen LogP contribution in [0.3, 0.4) is 0 Å². The maximum atomic E-state index is 13.6. The number of hydrogen-bond donors (Lipinski definition) is 2. The number of nitrogens with zero attached hydrogens (tertiary/aromatic N) is 4. The van der Waals surface area contributed by atoms with Crippen LogP contribution in [-0.2, 0) is 67.9 Å². The maximum absolute atomic E-state index is 13.6. The number of carbonyl (C=O) groups excluding carboxylic acids is 3. The number of ether oxygens (including phenoxy) is 3. The van der Waals surface area contributed by atoms with Crippen molar-refractivity contribution in [3.05, 3.63) is 131 Å². The summed E-state index contributed by atoms with van der Waals surface area (Å²) in [5.74, 6) is -0.362. The number of alkyl carbamates (subject to hydrolysis) is 1. The first-order valence-corrected chi connectivity index (χ1v) is 28.5. The van der Waals surface area contributed by atoms with Crippen molar-refractivity contribution >= 4 is 49.3 Å². The highest BCUT2D eigenvalue weighted by molar-refractivity contribution is 7.92. The second-order valence-corrected chi connectivity index (χ2v) is 24.1. The Morgan fingerprint density at radius 3 is 1.39 bits per heavy atom. The fourth-order valence-electron chi connectivity index (χ4n) is 9.82.